The Hall–Kier alpha value is -2.24. The van der Waals surface area contributed by atoms with Crippen molar-refractivity contribution in [3.63, 3.8) is 0 Å². The molecule has 0 radical (unpaired) electrons. The summed E-state index contributed by atoms with van der Waals surface area (Å²) in [5.41, 5.74) is 1.98. The summed E-state index contributed by atoms with van der Waals surface area (Å²) in [6.45, 7) is 3.74. The van der Waals surface area contributed by atoms with E-state index in [-0.39, 0.29) is 12.0 Å². The van der Waals surface area contributed by atoms with Crippen molar-refractivity contribution in [2.45, 2.75) is 32.1 Å². The van der Waals surface area contributed by atoms with E-state index in [1.54, 1.807) is 4.90 Å². The number of benzene rings is 1. The van der Waals surface area contributed by atoms with Crippen LogP contribution in [0.4, 0.5) is 16.2 Å². The maximum Gasteiger partial charge on any atom is 0.409 e. The van der Waals surface area contributed by atoms with Crippen molar-refractivity contribution >= 4 is 23.4 Å². The predicted octanol–water partition coefficient (Wildman–Crippen LogP) is 2.85. The third-order valence-electron chi connectivity index (χ3n) is 4.55. The van der Waals surface area contributed by atoms with E-state index in [4.69, 9.17) is 4.74 Å². The average molecular weight is 331 g/mol. The van der Waals surface area contributed by atoms with Crippen LogP contribution in [0, 0.1) is 0 Å². The van der Waals surface area contributed by atoms with Crippen molar-refractivity contribution in [1.29, 1.82) is 0 Å². The van der Waals surface area contributed by atoms with Gasteiger partial charge in [-0.1, -0.05) is 12.1 Å². The molecular formula is C18H25N3O3. The van der Waals surface area contributed by atoms with E-state index in [9.17, 15) is 9.59 Å². The van der Waals surface area contributed by atoms with Gasteiger partial charge in [0.05, 0.1) is 17.9 Å². The van der Waals surface area contributed by atoms with Gasteiger partial charge in [0.1, 0.15) is 6.61 Å². The molecule has 2 amide bonds. The van der Waals surface area contributed by atoms with Gasteiger partial charge in [0, 0.05) is 26.1 Å². The molecule has 2 aliphatic rings. The lowest BCUT2D eigenvalue weighted by molar-refractivity contribution is -0.116. The number of carbonyl (C=O) groups excluding carboxylic acids is 2. The minimum Gasteiger partial charge on any atom is -0.448 e. The highest BCUT2D eigenvalue weighted by Crippen LogP contribution is 2.28. The summed E-state index contributed by atoms with van der Waals surface area (Å²) in [7, 11) is 0. The van der Waals surface area contributed by atoms with Gasteiger partial charge < -0.3 is 19.9 Å². The summed E-state index contributed by atoms with van der Waals surface area (Å²) < 4.78 is 4.88. The molecule has 3 rings (SSSR count). The molecular weight excluding hydrogens is 306 g/mol. The lowest BCUT2D eigenvalue weighted by atomic mass is 10.1. The van der Waals surface area contributed by atoms with Crippen molar-refractivity contribution in [1.82, 2.24) is 4.90 Å². The first-order valence-electron chi connectivity index (χ1n) is 8.79. The molecule has 0 atom stereocenters. The Morgan fingerprint density at radius 2 is 1.92 bits per heavy atom. The Balaban J connectivity index is 1.51. The summed E-state index contributed by atoms with van der Waals surface area (Å²) in [5.74, 6) is -0.00739. The van der Waals surface area contributed by atoms with Crippen molar-refractivity contribution < 1.29 is 14.3 Å². The molecule has 1 aromatic rings. The Morgan fingerprint density at radius 1 is 1.12 bits per heavy atom. The average Bonchev–Trinajstić information content (AvgIpc) is 3.01. The number of carbonyl (C=O) groups is 2. The number of ether oxygens (including phenoxy) is 1. The molecule has 1 N–H and O–H groups in total. The summed E-state index contributed by atoms with van der Waals surface area (Å²) in [6.07, 6.45) is 4.46. The van der Waals surface area contributed by atoms with Crippen LogP contribution in [-0.4, -0.2) is 49.7 Å². The highest BCUT2D eigenvalue weighted by molar-refractivity contribution is 5.94. The maximum atomic E-state index is 12.2. The monoisotopic (exact) mass is 331 g/mol. The van der Waals surface area contributed by atoms with E-state index < -0.39 is 0 Å². The fourth-order valence-electron chi connectivity index (χ4n) is 3.26. The standard InChI is InChI=1S/C18H25N3O3/c22-17(9-6-12-21-13-14-24-18(21)23)19-15-7-2-3-8-16(15)20-10-4-1-5-11-20/h2-3,7-8H,1,4-6,9-14H2,(H,19,22). The Morgan fingerprint density at radius 3 is 2.67 bits per heavy atom. The molecule has 6 nitrogen and oxygen atoms in total. The number of cyclic esters (lactones) is 1. The van der Waals surface area contributed by atoms with E-state index in [2.05, 4.69) is 16.3 Å². The molecule has 24 heavy (non-hydrogen) atoms. The summed E-state index contributed by atoms with van der Waals surface area (Å²) in [4.78, 5) is 27.6. The van der Waals surface area contributed by atoms with Gasteiger partial charge in [-0.25, -0.2) is 4.79 Å². The summed E-state index contributed by atoms with van der Waals surface area (Å²) in [5, 5.41) is 3.03. The zero-order valence-corrected chi connectivity index (χ0v) is 14.0. The molecule has 1 aromatic carbocycles. The molecule has 130 valence electrons. The Kier molecular flexibility index (Phi) is 5.56. The third-order valence-corrected chi connectivity index (χ3v) is 4.55. The fraction of sp³-hybridized carbons (Fsp3) is 0.556. The van der Waals surface area contributed by atoms with E-state index in [1.807, 2.05) is 18.2 Å². The van der Waals surface area contributed by atoms with Crippen molar-refractivity contribution in [3.8, 4) is 0 Å². The number of nitrogens with one attached hydrogen (secondary N) is 1. The number of para-hydroxylation sites is 2. The molecule has 0 aliphatic carbocycles. The summed E-state index contributed by atoms with van der Waals surface area (Å²) >= 11 is 0. The van der Waals surface area contributed by atoms with E-state index in [0.29, 0.717) is 32.5 Å². The van der Waals surface area contributed by atoms with Crippen LogP contribution in [0.15, 0.2) is 24.3 Å². The second-order valence-corrected chi connectivity index (χ2v) is 6.32. The molecule has 2 heterocycles. The van der Waals surface area contributed by atoms with Crippen LogP contribution in [0.3, 0.4) is 0 Å². The van der Waals surface area contributed by atoms with Gasteiger partial charge in [-0.3, -0.25) is 4.79 Å². The molecule has 0 bridgehead atoms. The van der Waals surface area contributed by atoms with Crippen LogP contribution in [0.2, 0.25) is 0 Å². The quantitative estimate of drug-likeness (QED) is 0.871. The topological polar surface area (TPSA) is 61.9 Å². The Labute approximate surface area is 142 Å². The smallest absolute Gasteiger partial charge is 0.409 e. The van der Waals surface area contributed by atoms with Gasteiger partial charge in [-0.05, 0) is 37.8 Å². The zero-order valence-electron chi connectivity index (χ0n) is 14.0. The third kappa shape index (κ3) is 4.19. The fourth-order valence-corrected chi connectivity index (χ4v) is 3.26. The summed E-state index contributed by atoms with van der Waals surface area (Å²) in [6, 6.07) is 7.99. The van der Waals surface area contributed by atoms with Crippen LogP contribution in [0.1, 0.15) is 32.1 Å². The number of piperidine rings is 1. The number of hydrogen-bond acceptors (Lipinski definition) is 4. The second kappa shape index (κ2) is 8.04. The van der Waals surface area contributed by atoms with Gasteiger partial charge in [-0.2, -0.15) is 0 Å². The van der Waals surface area contributed by atoms with Crippen LogP contribution < -0.4 is 10.2 Å². The molecule has 0 unspecified atom stereocenters. The number of nitrogens with zero attached hydrogens (tertiary/aromatic N) is 2. The van der Waals surface area contributed by atoms with Gasteiger partial charge in [0.15, 0.2) is 0 Å². The SMILES string of the molecule is O=C(CCCN1CCOC1=O)Nc1ccccc1N1CCCCC1. The number of rotatable bonds is 6. The lowest BCUT2D eigenvalue weighted by Crippen LogP contribution is -2.30. The first-order chi connectivity index (χ1) is 11.7. The minimum atomic E-state index is -0.272. The first kappa shape index (κ1) is 16.6. The molecule has 2 fully saturated rings. The van der Waals surface area contributed by atoms with Crippen LogP contribution in [0.25, 0.3) is 0 Å². The van der Waals surface area contributed by atoms with Crippen molar-refractivity contribution in [2.75, 3.05) is 43.0 Å². The van der Waals surface area contributed by atoms with E-state index in [0.717, 1.165) is 24.5 Å². The number of hydrogen-bond donors (Lipinski definition) is 1. The lowest BCUT2D eigenvalue weighted by Gasteiger charge is -2.30. The largest absolute Gasteiger partial charge is 0.448 e. The van der Waals surface area contributed by atoms with Crippen LogP contribution in [0.5, 0.6) is 0 Å². The van der Waals surface area contributed by atoms with E-state index in [1.165, 1.54) is 19.3 Å². The van der Waals surface area contributed by atoms with Gasteiger partial charge in [0.2, 0.25) is 5.91 Å². The van der Waals surface area contributed by atoms with Crippen molar-refractivity contribution in [2.24, 2.45) is 0 Å². The van der Waals surface area contributed by atoms with Crippen molar-refractivity contribution in [3.05, 3.63) is 24.3 Å². The normalized spacial score (nSPS) is 17.8. The number of amides is 2. The first-order valence-corrected chi connectivity index (χ1v) is 8.79. The Bertz CT molecular complexity index is 585. The molecule has 0 spiro atoms. The molecule has 2 aliphatic heterocycles. The van der Waals surface area contributed by atoms with Gasteiger partial charge in [-0.15, -0.1) is 0 Å². The highest BCUT2D eigenvalue weighted by Gasteiger charge is 2.21. The van der Waals surface area contributed by atoms with Gasteiger partial charge >= 0.3 is 6.09 Å². The molecule has 0 aromatic heterocycles. The maximum absolute atomic E-state index is 12.2. The number of anilines is 2. The van der Waals surface area contributed by atoms with E-state index >= 15 is 0 Å². The van der Waals surface area contributed by atoms with Gasteiger partial charge in [0.25, 0.3) is 0 Å². The molecule has 0 saturated carbocycles. The highest BCUT2D eigenvalue weighted by atomic mass is 16.6. The zero-order chi connectivity index (χ0) is 16.8. The second-order valence-electron chi connectivity index (χ2n) is 6.32. The molecule has 2 saturated heterocycles. The predicted molar refractivity (Wildman–Crippen MR) is 93.3 cm³/mol. The minimum absolute atomic E-state index is 0.00739. The van der Waals surface area contributed by atoms with Crippen LogP contribution >= 0.6 is 0 Å². The molecule has 6 heteroatoms. The van der Waals surface area contributed by atoms with Crippen LogP contribution in [-0.2, 0) is 9.53 Å².